The van der Waals surface area contributed by atoms with E-state index in [1.54, 1.807) is 20.0 Å². The number of aromatic nitrogens is 2. The minimum atomic E-state index is -2.90. The summed E-state index contributed by atoms with van der Waals surface area (Å²) >= 11 is 5.93. The van der Waals surface area contributed by atoms with Crippen molar-refractivity contribution in [2.75, 3.05) is 13.6 Å². The molecule has 7 nitrogen and oxygen atoms in total. The van der Waals surface area contributed by atoms with Crippen molar-refractivity contribution in [2.45, 2.75) is 32.9 Å². The van der Waals surface area contributed by atoms with Gasteiger partial charge < -0.3 is 19.9 Å². The second-order valence-corrected chi connectivity index (χ2v) is 5.76. The predicted molar refractivity (Wildman–Crippen MR) is 109 cm³/mol. The molecule has 2 aromatic rings. The van der Waals surface area contributed by atoms with E-state index in [2.05, 4.69) is 30.5 Å². The highest BCUT2D eigenvalue weighted by atomic mass is 127. The molecule has 0 spiro atoms. The molecule has 0 aliphatic carbocycles. The smallest absolute Gasteiger partial charge is 0.387 e. The fraction of sp³-hybridized carbons (Fsp3) is 0.438. The summed E-state index contributed by atoms with van der Waals surface area (Å²) in [6.07, 6.45) is 1.41. The van der Waals surface area contributed by atoms with Gasteiger partial charge in [-0.25, -0.2) is 0 Å². The largest absolute Gasteiger partial charge is 0.434 e. The van der Waals surface area contributed by atoms with Gasteiger partial charge in [0.25, 0.3) is 0 Å². The average Bonchev–Trinajstić information content (AvgIpc) is 3.01. The molecule has 0 radical (unpaired) electrons. The van der Waals surface area contributed by atoms with Gasteiger partial charge in [0.1, 0.15) is 5.75 Å². The molecule has 1 aromatic carbocycles. The highest BCUT2D eigenvalue weighted by Gasteiger charge is 2.11. The summed E-state index contributed by atoms with van der Waals surface area (Å²) in [5.41, 5.74) is 0.502. The summed E-state index contributed by atoms with van der Waals surface area (Å²) in [5, 5.41) is 10.3. The molecule has 11 heteroatoms. The number of aliphatic imine (C=N–C) groups is 1. The van der Waals surface area contributed by atoms with E-state index < -0.39 is 6.61 Å². The molecule has 150 valence electrons. The quantitative estimate of drug-likeness (QED) is 0.242. The first-order chi connectivity index (χ1) is 12.5. The monoisotopic (exact) mass is 515 g/mol. The molecule has 27 heavy (non-hydrogen) atoms. The van der Waals surface area contributed by atoms with Gasteiger partial charge in [-0.3, -0.25) is 4.99 Å². The van der Waals surface area contributed by atoms with Crippen molar-refractivity contribution in [3.63, 3.8) is 0 Å². The van der Waals surface area contributed by atoms with E-state index in [1.165, 1.54) is 12.1 Å². The first-order valence-electron chi connectivity index (χ1n) is 7.95. The third-order valence-corrected chi connectivity index (χ3v) is 3.57. The zero-order valence-corrected chi connectivity index (χ0v) is 17.9. The molecule has 0 amide bonds. The first kappa shape index (κ1) is 23.3. The summed E-state index contributed by atoms with van der Waals surface area (Å²) in [6, 6.07) is 4.47. The van der Waals surface area contributed by atoms with Gasteiger partial charge in [-0.05, 0) is 31.5 Å². The molecule has 2 N–H and O–H groups in total. The Kier molecular flexibility index (Phi) is 10.3. The van der Waals surface area contributed by atoms with Gasteiger partial charge in [-0.1, -0.05) is 16.8 Å². The first-order valence-corrected chi connectivity index (χ1v) is 8.32. The number of alkyl halides is 2. The van der Waals surface area contributed by atoms with Gasteiger partial charge in [-0.15, -0.1) is 24.0 Å². The highest BCUT2D eigenvalue weighted by Crippen LogP contribution is 2.24. The van der Waals surface area contributed by atoms with E-state index in [0.717, 1.165) is 6.42 Å². The van der Waals surface area contributed by atoms with Gasteiger partial charge >= 0.3 is 6.61 Å². The zero-order chi connectivity index (χ0) is 18.9. The van der Waals surface area contributed by atoms with Crippen LogP contribution in [0, 0.1) is 6.92 Å². The van der Waals surface area contributed by atoms with E-state index in [4.69, 9.17) is 16.1 Å². The molecule has 0 bridgehead atoms. The van der Waals surface area contributed by atoms with Gasteiger partial charge in [0.2, 0.25) is 5.89 Å². The summed E-state index contributed by atoms with van der Waals surface area (Å²) in [4.78, 5) is 8.21. The van der Waals surface area contributed by atoms with Gasteiger partial charge in [-0.2, -0.15) is 13.8 Å². The molecular weight excluding hydrogens is 495 g/mol. The molecule has 0 unspecified atom stereocenters. The Morgan fingerprint density at radius 2 is 2.15 bits per heavy atom. The van der Waals surface area contributed by atoms with E-state index in [1.807, 2.05) is 0 Å². The van der Waals surface area contributed by atoms with Crippen LogP contribution in [0.5, 0.6) is 5.75 Å². The maximum atomic E-state index is 12.5. The van der Waals surface area contributed by atoms with Crippen molar-refractivity contribution in [1.82, 2.24) is 20.8 Å². The van der Waals surface area contributed by atoms with Crippen molar-refractivity contribution < 1.29 is 18.0 Å². The van der Waals surface area contributed by atoms with Crippen molar-refractivity contribution in [2.24, 2.45) is 4.99 Å². The molecule has 0 fully saturated rings. The third kappa shape index (κ3) is 8.24. The Morgan fingerprint density at radius 3 is 2.78 bits per heavy atom. The Hall–Kier alpha value is -1.69. The van der Waals surface area contributed by atoms with E-state index in [-0.39, 0.29) is 36.3 Å². The topological polar surface area (TPSA) is 84.6 Å². The molecule has 1 aromatic heterocycles. The summed E-state index contributed by atoms with van der Waals surface area (Å²) in [6.45, 7) is -0.290. The number of guanidine groups is 1. The Bertz CT molecular complexity index is 745. The molecule has 1 heterocycles. The minimum Gasteiger partial charge on any atom is -0.434 e. The van der Waals surface area contributed by atoms with Crippen LogP contribution in [0.15, 0.2) is 27.7 Å². The number of hydrogen-bond acceptors (Lipinski definition) is 5. The highest BCUT2D eigenvalue weighted by molar-refractivity contribution is 14.0. The molecule has 2 rings (SSSR count). The lowest BCUT2D eigenvalue weighted by Crippen LogP contribution is -2.37. The van der Waals surface area contributed by atoms with Gasteiger partial charge in [0.15, 0.2) is 11.8 Å². The van der Waals surface area contributed by atoms with Crippen LogP contribution in [-0.4, -0.2) is 36.3 Å². The van der Waals surface area contributed by atoms with Crippen LogP contribution < -0.4 is 15.4 Å². The lowest BCUT2D eigenvalue weighted by Gasteiger charge is -2.14. The number of nitrogens with zero attached hydrogens (tertiary/aromatic N) is 3. The van der Waals surface area contributed by atoms with Crippen molar-refractivity contribution in [3.8, 4) is 5.75 Å². The molecule has 0 aliphatic heterocycles. The van der Waals surface area contributed by atoms with Crippen LogP contribution >= 0.6 is 35.6 Å². The Balaban J connectivity index is 0.00000364. The lowest BCUT2D eigenvalue weighted by molar-refractivity contribution is -0.0504. The number of hydrogen-bond donors (Lipinski definition) is 2. The minimum absolute atomic E-state index is 0. The van der Waals surface area contributed by atoms with E-state index in [9.17, 15) is 8.78 Å². The number of ether oxygens (including phenoxy) is 1. The summed E-state index contributed by atoms with van der Waals surface area (Å²) < 4.78 is 34.5. The van der Waals surface area contributed by atoms with E-state index in [0.29, 0.717) is 41.2 Å². The molecule has 0 atom stereocenters. The fourth-order valence-corrected chi connectivity index (χ4v) is 2.38. The van der Waals surface area contributed by atoms with Crippen LogP contribution in [0.3, 0.4) is 0 Å². The third-order valence-electron chi connectivity index (χ3n) is 3.34. The Morgan fingerprint density at radius 1 is 1.37 bits per heavy atom. The summed E-state index contributed by atoms with van der Waals surface area (Å²) in [7, 11) is 1.62. The second-order valence-electron chi connectivity index (χ2n) is 5.32. The maximum absolute atomic E-state index is 12.5. The SMILES string of the molecule is CN=C(NCCCc1nc(C)no1)NCc1cc(Cl)ccc1OC(F)F.I. The van der Waals surface area contributed by atoms with Crippen molar-refractivity contribution in [3.05, 3.63) is 40.5 Å². The number of rotatable bonds is 8. The number of nitrogens with one attached hydrogen (secondary N) is 2. The molecule has 0 saturated heterocycles. The lowest BCUT2D eigenvalue weighted by atomic mass is 10.2. The Labute approximate surface area is 177 Å². The number of benzene rings is 1. The number of aryl methyl sites for hydroxylation is 2. The molecular formula is C16H21ClF2IN5O2. The summed E-state index contributed by atoms with van der Waals surface area (Å²) in [5.74, 6) is 1.78. The van der Waals surface area contributed by atoms with E-state index >= 15 is 0 Å². The van der Waals surface area contributed by atoms with Crippen LogP contribution in [0.25, 0.3) is 0 Å². The van der Waals surface area contributed by atoms with Crippen LogP contribution in [0.1, 0.15) is 23.7 Å². The number of halogens is 4. The van der Waals surface area contributed by atoms with Crippen molar-refractivity contribution >= 4 is 41.5 Å². The zero-order valence-electron chi connectivity index (χ0n) is 14.8. The normalized spacial score (nSPS) is 11.3. The second kappa shape index (κ2) is 11.9. The van der Waals surface area contributed by atoms with Crippen LogP contribution in [-0.2, 0) is 13.0 Å². The van der Waals surface area contributed by atoms with Gasteiger partial charge in [0.05, 0.1) is 0 Å². The van der Waals surface area contributed by atoms with Crippen LogP contribution in [0.2, 0.25) is 5.02 Å². The van der Waals surface area contributed by atoms with Gasteiger partial charge in [0, 0.05) is 37.1 Å². The average molecular weight is 516 g/mol. The molecule has 0 saturated carbocycles. The molecule has 0 aliphatic rings. The van der Waals surface area contributed by atoms with Crippen molar-refractivity contribution in [1.29, 1.82) is 0 Å². The van der Waals surface area contributed by atoms with Crippen LogP contribution in [0.4, 0.5) is 8.78 Å². The maximum Gasteiger partial charge on any atom is 0.387 e. The predicted octanol–water partition coefficient (Wildman–Crippen LogP) is 3.55. The fourth-order valence-electron chi connectivity index (χ4n) is 2.18. The standard InChI is InChI=1S/C16H20ClF2N5O2.HI/c1-10-23-14(26-24-10)4-3-7-21-16(20-2)22-9-11-8-12(17)5-6-13(11)25-15(18)19;/h5-6,8,15H,3-4,7,9H2,1-2H3,(H2,20,21,22);1H.